The van der Waals surface area contributed by atoms with E-state index in [1.165, 1.54) is 6.92 Å². The van der Waals surface area contributed by atoms with Gasteiger partial charge in [-0.05, 0) is 32.9 Å². The second kappa shape index (κ2) is 4.47. The van der Waals surface area contributed by atoms with Crippen LogP contribution in [-0.4, -0.2) is 11.9 Å². The first kappa shape index (κ1) is 11.1. The van der Waals surface area contributed by atoms with Crippen LogP contribution in [-0.2, 0) is 0 Å². The van der Waals surface area contributed by atoms with Gasteiger partial charge in [-0.3, -0.25) is 4.79 Å². The maximum atomic E-state index is 11.3. The van der Waals surface area contributed by atoms with Crippen LogP contribution in [0.15, 0.2) is 18.2 Å². The predicted octanol–water partition coefficient (Wildman–Crippen LogP) is 3.33. The minimum absolute atomic E-state index is 0.00741. The molecule has 1 aromatic rings. The first-order valence-corrected chi connectivity index (χ1v) is 4.86. The van der Waals surface area contributed by atoms with E-state index in [1.807, 2.05) is 13.8 Å². The molecule has 0 aliphatic carbocycles. The zero-order valence-electron chi connectivity index (χ0n) is 8.50. The number of halogens is 1. The van der Waals surface area contributed by atoms with E-state index in [9.17, 15) is 4.79 Å². The Balaban J connectivity index is 3.15. The average Bonchev–Trinajstić information content (AvgIpc) is 2.07. The average molecular weight is 213 g/mol. The summed E-state index contributed by atoms with van der Waals surface area (Å²) >= 11 is 5.94. The molecule has 0 spiro atoms. The molecule has 0 unspecified atom stereocenters. The second-order valence-corrected chi connectivity index (χ2v) is 3.75. The van der Waals surface area contributed by atoms with Crippen molar-refractivity contribution in [3.8, 4) is 5.75 Å². The fraction of sp³-hybridized carbons (Fsp3) is 0.364. The van der Waals surface area contributed by atoms with Gasteiger partial charge in [0.25, 0.3) is 0 Å². The number of hydrogen-bond acceptors (Lipinski definition) is 2. The first-order valence-electron chi connectivity index (χ1n) is 4.48. The minimum atomic E-state index is -0.0387. The van der Waals surface area contributed by atoms with Gasteiger partial charge in [-0.25, -0.2) is 0 Å². The molecular weight excluding hydrogens is 200 g/mol. The largest absolute Gasteiger partial charge is 0.489 e. The van der Waals surface area contributed by atoms with Gasteiger partial charge in [0.05, 0.1) is 16.7 Å². The van der Waals surface area contributed by atoms with Crippen molar-refractivity contribution in [3.05, 3.63) is 28.8 Å². The lowest BCUT2D eigenvalue weighted by Crippen LogP contribution is -2.09. The van der Waals surface area contributed by atoms with Gasteiger partial charge < -0.3 is 4.74 Å². The van der Waals surface area contributed by atoms with Crippen LogP contribution >= 0.6 is 11.6 Å². The van der Waals surface area contributed by atoms with Crippen LogP contribution < -0.4 is 4.74 Å². The van der Waals surface area contributed by atoms with E-state index in [1.54, 1.807) is 18.2 Å². The monoisotopic (exact) mass is 212 g/mol. The third-order valence-corrected chi connectivity index (χ3v) is 2.00. The molecule has 0 radical (unpaired) electrons. The molecule has 0 bridgehead atoms. The highest BCUT2D eigenvalue weighted by Crippen LogP contribution is 2.29. The van der Waals surface area contributed by atoms with Crippen molar-refractivity contribution in [2.75, 3.05) is 0 Å². The summed E-state index contributed by atoms with van der Waals surface area (Å²) in [5, 5.41) is 0.478. The van der Waals surface area contributed by atoms with Crippen molar-refractivity contribution >= 4 is 17.4 Å². The smallest absolute Gasteiger partial charge is 0.163 e. The van der Waals surface area contributed by atoms with E-state index in [0.29, 0.717) is 16.3 Å². The normalized spacial score (nSPS) is 10.4. The van der Waals surface area contributed by atoms with Crippen molar-refractivity contribution in [1.82, 2.24) is 0 Å². The van der Waals surface area contributed by atoms with Crippen molar-refractivity contribution in [3.63, 3.8) is 0 Å². The summed E-state index contributed by atoms with van der Waals surface area (Å²) in [5.74, 6) is 0.444. The molecule has 76 valence electrons. The molecule has 1 aromatic carbocycles. The molecule has 0 N–H and O–H groups in total. The molecule has 0 aromatic heterocycles. The highest BCUT2D eigenvalue weighted by molar-refractivity contribution is 6.32. The van der Waals surface area contributed by atoms with Crippen LogP contribution in [0.2, 0.25) is 5.02 Å². The van der Waals surface area contributed by atoms with Crippen molar-refractivity contribution in [2.24, 2.45) is 0 Å². The Morgan fingerprint density at radius 3 is 2.57 bits per heavy atom. The van der Waals surface area contributed by atoms with Crippen LogP contribution in [0.1, 0.15) is 31.1 Å². The molecule has 0 amide bonds. The Hall–Kier alpha value is -1.02. The van der Waals surface area contributed by atoms with E-state index < -0.39 is 0 Å². The van der Waals surface area contributed by atoms with Crippen molar-refractivity contribution in [1.29, 1.82) is 0 Å². The number of rotatable bonds is 3. The maximum Gasteiger partial charge on any atom is 0.163 e. The summed E-state index contributed by atoms with van der Waals surface area (Å²) in [5.41, 5.74) is 0.534. The van der Waals surface area contributed by atoms with Gasteiger partial charge in [0.2, 0.25) is 0 Å². The Labute approximate surface area is 88.8 Å². The van der Waals surface area contributed by atoms with Gasteiger partial charge in [-0.1, -0.05) is 17.7 Å². The van der Waals surface area contributed by atoms with Gasteiger partial charge in [0.15, 0.2) is 5.78 Å². The van der Waals surface area contributed by atoms with Gasteiger partial charge in [0, 0.05) is 0 Å². The summed E-state index contributed by atoms with van der Waals surface area (Å²) in [6.45, 7) is 5.29. The van der Waals surface area contributed by atoms with Crippen LogP contribution in [0.25, 0.3) is 0 Å². The molecule has 0 saturated carbocycles. The van der Waals surface area contributed by atoms with Gasteiger partial charge >= 0.3 is 0 Å². The van der Waals surface area contributed by atoms with Gasteiger partial charge in [-0.2, -0.15) is 0 Å². The quantitative estimate of drug-likeness (QED) is 0.719. The predicted molar refractivity (Wildman–Crippen MR) is 57.2 cm³/mol. The first-order chi connectivity index (χ1) is 6.52. The fourth-order valence-electron chi connectivity index (χ4n) is 1.14. The third kappa shape index (κ3) is 2.48. The van der Waals surface area contributed by atoms with Gasteiger partial charge in [-0.15, -0.1) is 0 Å². The van der Waals surface area contributed by atoms with Gasteiger partial charge in [0.1, 0.15) is 5.75 Å². The molecule has 2 nitrogen and oxygen atoms in total. The fourth-order valence-corrected chi connectivity index (χ4v) is 1.36. The topological polar surface area (TPSA) is 26.3 Å². The molecule has 0 heterocycles. The number of benzene rings is 1. The lowest BCUT2D eigenvalue weighted by molar-refractivity contribution is 0.101. The maximum absolute atomic E-state index is 11.3. The van der Waals surface area contributed by atoms with E-state index in [2.05, 4.69) is 0 Å². The second-order valence-electron chi connectivity index (χ2n) is 3.34. The van der Waals surface area contributed by atoms with Crippen molar-refractivity contribution in [2.45, 2.75) is 26.9 Å². The zero-order chi connectivity index (χ0) is 10.7. The molecular formula is C11H13ClO2. The standard InChI is InChI=1S/C11H13ClO2/c1-7(2)14-11-9(8(3)13)5-4-6-10(11)12/h4-7H,1-3H3. The Kier molecular flexibility index (Phi) is 3.53. The molecule has 3 heteroatoms. The van der Waals surface area contributed by atoms with E-state index in [0.717, 1.165) is 0 Å². The summed E-state index contributed by atoms with van der Waals surface area (Å²) in [7, 11) is 0. The number of para-hydroxylation sites is 1. The van der Waals surface area contributed by atoms with Crippen LogP contribution in [0.4, 0.5) is 0 Å². The molecule has 0 aliphatic heterocycles. The molecule has 0 atom stereocenters. The van der Waals surface area contributed by atoms with E-state index >= 15 is 0 Å². The van der Waals surface area contributed by atoms with Crippen LogP contribution in [0, 0.1) is 0 Å². The Morgan fingerprint density at radius 2 is 2.07 bits per heavy atom. The lowest BCUT2D eigenvalue weighted by atomic mass is 10.1. The third-order valence-electron chi connectivity index (χ3n) is 1.70. The summed E-state index contributed by atoms with van der Waals surface area (Å²) < 4.78 is 5.48. The number of ketones is 1. The summed E-state index contributed by atoms with van der Waals surface area (Å²) in [6, 6.07) is 5.17. The SMILES string of the molecule is CC(=O)c1cccc(Cl)c1OC(C)C. The highest BCUT2D eigenvalue weighted by atomic mass is 35.5. The Morgan fingerprint density at radius 1 is 1.43 bits per heavy atom. The summed E-state index contributed by atoms with van der Waals surface area (Å²) in [4.78, 5) is 11.3. The number of Topliss-reactive ketones (excluding diaryl/α,β-unsaturated/α-hetero) is 1. The molecule has 14 heavy (non-hydrogen) atoms. The zero-order valence-corrected chi connectivity index (χ0v) is 9.26. The Bertz CT molecular complexity index is 345. The molecule has 0 saturated heterocycles. The molecule has 0 fully saturated rings. The number of carbonyl (C=O) groups is 1. The molecule has 0 aliphatic rings. The highest BCUT2D eigenvalue weighted by Gasteiger charge is 2.12. The number of ether oxygens (including phenoxy) is 1. The van der Waals surface area contributed by atoms with Crippen LogP contribution in [0.5, 0.6) is 5.75 Å². The molecule has 1 rings (SSSR count). The summed E-state index contributed by atoms with van der Waals surface area (Å²) in [6.07, 6.45) is 0.00741. The number of carbonyl (C=O) groups excluding carboxylic acids is 1. The number of hydrogen-bond donors (Lipinski definition) is 0. The van der Waals surface area contributed by atoms with Crippen LogP contribution in [0.3, 0.4) is 0 Å². The van der Waals surface area contributed by atoms with Crippen molar-refractivity contribution < 1.29 is 9.53 Å². The minimum Gasteiger partial charge on any atom is -0.489 e. The van der Waals surface area contributed by atoms with E-state index in [4.69, 9.17) is 16.3 Å². The lowest BCUT2D eigenvalue weighted by Gasteiger charge is -2.13. The van der Waals surface area contributed by atoms with E-state index in [-0.39, 0.29) is 11.9 Å².